The maximum atomic E-state index is 6.86. The van der Waals surface area contributed by atoms with Crippen molar-refractivity contribution < 1.29 is 4.42 Å². The third-order valence-electron chi connectivity index (χ3n) is 10.3. The molecule has 0 fully saturated rings. The lowest BCUT2D eigenvalue weighted by molar-refractivity contribution is 0.590. The molecule has 4 nitrogen and oxygen atoms in total. The SMILES string of the molecule is C1=C(C2=NC(c3ccccc3)NC(c3cccc(-c4ccccc4)c3)=N2)CC(c2ccc3ccccc3c2)c2c1oc1c2ccc2ccccc21. The summed E-state index contributed by atoms with van der Waals surface area (Å²) in [5.74, 6) is 2.46. The van der Waals surface area contributed by atoms with Crippen LogP contribution in [0, 0.1) is 0 Å². The molecule has 2 unspecified atom stereocenters. The first-order valence-electron chi connectivity index (χ1n) is 17.5. The van der Waals surface area contributed by atoms with Crippen LogP contribution in [0.4, 0.5) is 0 Å². The Labute approximate surface area is 296 Å². The van der Waals surface area contributed by atoms with Crippen LogP contribution in [0.3, 0.4) is 0 Å². The van der Waals surface area contributed by atoms with Gasteiger partial charge in [0.05, 0.1) is 0 Å². The first kappa shape index (κ1) is 29.4. The molecule has 8 aromatic rings. The number of benzene rings is 7. The predicted octanol–water partition coefficient (Wildman–Crippen LogP) is 11.5. The van der Waals surface area contributed by atoms with E-state index < -0.39 is 0 Å². The molecule has 2 aliphatic rings. The van der Waals surface area contributed by atoms with Gasteiger partial charge in [0.25, 0.3) is 0 Å². The number of furan rings is 1. The van der Waals surface area contributed by atoms with Crippen molar-refractivity contribution in [2.45, 2.75) is 18.5 Å². The van der Waals surface area contributed by atoms with Crippen LogP contribution in [0.15, 0.2) is 184 Å². The van der Waals surface area contributed by atoms with E-state index >= 15 is 0 Å². The summed E-state index contributed by atoms with van der Waals surface area (Å²) >= 11 is 0. The smallest absolute Gasteiger partial charge is 0.155 e. The normalized spacial score (nSPS) is 17.1. The molecule has 1 aromatic heterocycles. The molecule has 0 amide bonds. The Balaban J connectivity index is 1.15. The van der Waals surface area contributed by atoms with E-state index in [0.29, 0.717) is 0 Å². The second-order valence-corrected chi connectivity index (χ2v) is 13.4. The minimum absolute atomic E-state index is 0.0554. The van der Waals surface area contributed by atoms with Gasteiger partial charge in [0.15, 0.2) is 5.84 Å². The molecular weight excluding hydrogens is 623 g/mol. The van der Waals surface area contributed by atoms with E-state index in [1.165, 1.54) is 32.8 Å². The molecule has 0 spiro atoms. The topological polar surface area (TPSA) is 49.9 Å². The third-order valence-corrected chi connectivity index (χ3v) is 10.3. The predicted molar refractivity (Wildman–Crippen MR) is 210 cm³/mol. The van der Waals surface area contributed by atoms with E-state index in [1.54, 1.807) is 0 Å². The first-order chi connectivity index (χ1) is 25.2. The van der Waals surface area contributed by atoms with Gasteiger partial charge in [-0.25, -0.2) is 9.98 Å². The minimum Gasteiger partial charge on any atom is -0.456 e. The van der Waals surface area contributed by atoms with Crippen molar-refractivity contribution in [2.24, 2.45) is 9.98 Å². The summed E-state index contributed by atoms with van der Waals surface area (Å²) in [5.41, 5.74) is 8.88. The second-order valence-electron chi connectivity index (χ2n) is 13.4. The fourth-order valence-electron chi connectivity index (χ4n) is 7.76. The lowest BCUT2D eigenvalue weighted by Crippen LogP contribution is -2.34. The number of hydrogen-bond acceptors (Lipinski definition) is 4. The Morgan fingerprint density at radius 3 is 2.12 bits per heavy atom. The van der Waals surface area contributed by atoms with Gasteiger partial charge in [-0.05, 0) is 57.0 Å². The molecule has 10 rings (SSSR count). The average Bonchev–Trinajstić information content (AvgIpc) is 3.60. The number of nitrogens with zero attached hydrogens (tertiary/aromatic N) is 2. The highest BCUT2D eigenvalue weighted by molar-refractivity contribution is 6.15. The highest BCUT2D eigenvalue weighted by Crippen LogP contribution is 2.46. The summed E-state index contributed by atoms with van der Waals surface area (Å²) < 4.78 is 6.86. The van der Waals surface area contributed by atoms with E-state index in [9.17, 15) is 0 Å². The minimum atomic E-state index is -0.296. The Morgan fingerprint density at radius 1 is 0.549 bits per heavy atom. The van der Waals surface area contributed by atoms with E-state index in [2.05, 4.69) is 163 Å². The van der Waals surface area contributed by atoms with Gasteiger partial charge in [-0.3, -0.25) is 0 Å². The number of rotatable bonds is 5. The molecule has 0 bridgehead atoms. The number of aliphatic imine (C=N–C) groups is 2. The molecule has 2 atom stereocenters. The van der Waals surface area contributed by atoms with Crippen molar-refractivity contribution in [3.63, 3.8) is 0 Å². The highest BCUT2D eigenvalue weighted by Gasteiger charge is 2.32. The number of amidine groups is 2. The average molecular weight is 656 g/mol. The zero-order chi connectivity index (χ0) is 33.7. The van der Waals surface area contributed by atoms with Crippen LogP contribution in [-0.2, 0) is 0 Å². The number of fused-ring (bicyclic) bond motifs is 6. The van der Waals surface area contributed by atoms with Crippen molar-refractivity contribution in [3.8, 4) is 11.1 Å². The fraction of sp³-hybridized carbons (Fsp3) is 0.0638. The van der Waals surface area contributed by atoms with Gasteiger partial charge in [-0.2, -0.15) is 0 Å². The molecular formula is C47H33N3O. The van der Waals surface area contributed by atoms with Crippen molar-refractivity contribution in [3.05, 3.63) is 197 Å². The van der Waals surface area contributed by atoms with Crippen molar-refractivity contribution in [1.29, 1.82) is 0 Å². The second kappa shape index (κ2) is 12.1. The van der Waals surface area contributed by atoms with E-state index in [-0.39, 0.29) is 12.1 Å². The molecule has 7 aromatic carbocycles. The van der Waals surface area contributed by atoms with Crippen LogP contribution in [0.1, 0.15) is 46.5 Å². The van der Waals surface area contributed by atoms with E-state index in [4.69, 9.17) is 14.4 Å². The van der Waals surface area contributed by atoms with Crippen molar-refractivity contribution in [2.75, 3.05) is 0 Å². The Bertz CT molecular complexity index is 2700. The number of nitrogens with one attached hydrogen (secondary N) is 1. The maximum Gasteiger partial charge on any atom is 0.155 e. The summed E-state index contributed by atoms with van der Waals surface area (Å²) in [6.45, 7) is 0. The van der Waals surface area contributed by atoms with E-state index in [1.807, 2.05) is 12.1 Å². The van der Waals surface area contributed by atoms with Gasteiger partial charge in [-0.15, -0.1) is 0 Å². The molecule has 2 heterocycles. The van der Waals surface area contributed by atoms with Gasteiger partial charge in [0.2, 0.25) is 0 Å². The molecule has 1 aliphatic carbocycles. The zero-order valence-corrected chi connectivity index (χ0v) is 27.8. The lowest BCUT2D eigenvalue weighted by Gasteiger charge is -2.28. The lowest BCUT2D eigenvalue weighted by atomic mass is 9.79. The molecule has 1 N–H and O–H groups in total. The standard InChI is InChI=1S/C47H33N3O/c1-3-12-30(13-4-1)35-19-11-20-37(27-35)46-48-45(33-16-5-2-6-17-33)49-47(50-46)38-28-41(36-23-22-31-14-7-8-18-34(31)26-36)43-40-25-24-32-15-9-10-21-39(32)44(40)51-42(43)29-38/h1-27,29,41,45H,28H2,(H,48,49,50). The fourth-order valence-corrected chi connectivity index (χ4v) is 7.76. The van der Waals surface area contributed by atoms with Gasteiger partial charge in [0.1, 0.15) is 23.3 Å². The van der Waals surface area contributed by atoms with Crippen LogP contribution >= 0.6 is 0 Å². The molecule has 0 radical (unpaired) electrons. The van der Waals surface area contributed by atoms with E-state index in [0.717, 1.165) is 62.5 Å². The van der Waals surface area contributed by atoms with Crippen LogP contribution in [-0.4, -0.2) is 11.7 Å². The van der Waals surface area contributed by atoms with Gasteiger partial charge < -0.3 is 9.73 Å². The van der Waals surface area contributed by atoms with Crippen LogP contribution in [0.5, 0.6) is 0 Å². The first-order valence-corrected chi connectivity index (χ1v) is 17.5. The van der Waals surface area contributed by atoms with Gasteiger partial charge in [0, 0.05) is 33.4 Å². The molecule has 1 aliphatic heterocycles. The third kappa shape index (κ3) is 5.24. The molecule has 0 saturated carbocycles. The Hall–Kier alpha value is -6.52. The van der Waals surface area contributed by atoms with Crippen LogP contribution in [0.2, 0.25) is 0 Å². The summed E-state index contributed by atoms with van der Waals surface area (Å²) in [6.07, 6.45) is 2.64. The summed E-state index contributed by atoms with van der Waals surface area (Å²) in [4.78, 5) is 10.6. The number of hydrogen-bond donors (Lipinski definition) is 1. The molecule has 242 valence electrons. The summed E-state index contributed by atoms with van der Waals surface area (Å²) in [6, 6.07) is 57.8. The van der Waals surface area contributed by atoms with Gasteiger partial charge >= 0.3 is 0 Å². The zero-order valence-electron chi connectivity index (χ0n) is 27.8. The Kier molecular flexibility index (Phi) is 6.98. The molecule has 51 heavy (non-hydrogen) atoms. The monoisotopic (exact) mass is 655 g/mol. The maximum absolute atomic E-state index is 6.86. The highest BCUT2D eigenvalue weighted by atomic mass is 16.3. The van der Waals surface area contributed by atoms with Crippen molar-refractivity contribution >= 4 is 50.3 Å². The van der Waals surface area contributed by atoms with Crippen LogP contribution < -0.4 is 5.32 Å². The van der Waals surface area contributed by atoms with Crippen LogP contribution in [0.25, 0.3) is 49.7 Å². The summed E-state index contributed by atoms with van der Waals surface area (Å²) in [5, 5.41) is 9.59. The largest absolute Gasteiger partial charge is 0.456 e. The summed E-state index contributed by atoms with van der Waals surface area (Å²) in [7, 11) is 0. The quantitative estimate of drug-likeness (QED) is 0.201. The van der Waals surface area contributed by atoms with Gasteiger partial charge in [-0.1, -0.05) is 158 Å². The Morgan fingerprint density at radius 2 is 1.25 bits per heavy atom. The van der Waals surface area contributed by atoms with Crippen molar-refractivity contribution in [1.82, 2.24) is 5.32 Å². The molecule has 4 heteroatoms. The molecule has 0 saturated heterocycles.